The SMILES string of the molecule is CCC(NC(=O)N(CC(N)=O)CC(=O)O)c1ccccc1. The van der Waals surface area contributed by atoms with Crippen molar-refractivity contribution in [1.82, 2.24) is 10.2 Å². The number of primary amides is 1. The molecule has 0 aromatic heterocycles. The molecule has 4 N–H and O–H groups in total. The molecule has 1 atom stereocenters. The van der Waals surface area contributed by atoms with Crippen LogP contribution in [0.5, 0.6) is 0 Å². The number of nitrogens with one attached hydrogen (secondary N) is 1. The molecule has 1 unspecified atom stereocenters. The van der Waals surface area contributed by atoms with Gasteiger partial charge in [-0.3, -0.25) is 9.59 Å². The number of aliphatic carboxylic acids is 1. The van der Waals surface area contributed by atoms with Gasteiger partial charge in [0, 0.05) is 0 Å². The summed E-state index contributed by atoms with van der Waals surface area (Å²) in [5.74, 6) is -1.97. The number of benzene rings is 1. The summed E-state index contributed by atoms with van der Waals surface area (Å²) in [5, 5.41) is 11.5. The zero-order valence-corrected chi connectivity index (χ0v) is 11.8. The third-order valence-electron chi connectivity index (χ3n) is 2.87. The van der Waals surface area contributed by atoms with E-state index >= 15 is 0 Å². The highest BCUT2D eigenvalue weighted by atomic mass is 16.4. The van der Waals surface area contributed by atoms with Gasteiger partial charge in [0.05, 0.1) is 6.04 Å². The topological polar surface area (TPSA) is 113 Å². The Morgan fingerprint density at radius 1 is 1.24 bits per heavy atom. The van der Waals surface area contributed by atoms with E-state index < -0.39 is 31.0 Å². The summed E-state index contributed by atoms with van der Waals surface area (Å²) < 4.78 is 0. The number of amides is 3. The molecule has 0 radical (unpaired) electrons. The van der Waals surface area contributed by atoms with Crippen LogP contribution in [0.25, 0.3) is 0 Å². The Morgan fingerprint density at radius 2 is 1.86 bits per heavy atom. The second-order valence-corrected chi connectivity index (χ2v) is 4.54. The van der Waals surface area contributed by atoms with Crippen molar-refractivity contribution in [2.75, 3.05) is 13.1 Å². The van der Waals surface area contributed by atoms with Crippen LogP contribution < -0.4 is 11.1 Å². The molecule has 1 aromatic rings. The molecule has 3 amide bonds. The molecule has 7 nitrogen and oxygen atoms in total. The van der Waals surface area contributed by atoms with E-state index in [2.05, 4.69) is 5.32 Å². The van der Waals surface area contributed by atoms with Gasteiger partial charge in [-0.15, -0.1) is 0 Å². The fourth-order valence-electron chi connectivity index (χ4n) is 1.90. The highest BCUT2D eigenvalue weighted by molar-refractivity contribution is 5.86. The van der Waals surface area contributed by atoms with Gasteiger partial charge >= 0.3 is 12.0 Å². The van der Waals surface area contributed by atoms with Crippen molar-refractivity contribution >= 4 is 17.9 Å². The van der Waals surface area contributed by atoms with Crippen molar-refractivity contribution in [1.29, 1.82) is 0 Å². The van der Waals surface area contributed by atoms with Crippen molar-refractivity contribution < 1.29 is 19.5 Å². The van der Waals surface area contributed by atoms with Crippen LogP contribution in [0.2, 0.25) is 0 Å². The molecule has 0 saturated heterocycles. The monoisotopic (exact) mass is 293 g/mol. The number of carbonyl (C=O) groups is 3. The van der Waals surface area contributed by atoms with Crippen molar-refractivity contribution in [2.24, 2.45) is 5.73 Å². The Labute approximate surface area is 122 Å². The predicted octanol–water partition coefficient (Wildman–Crippen LogP) is 0.719. The molecule has 0 aliphatic heterocycles. The predicted molar refractivity (Wildman–Crippen MR) is 76.4 cm³/mol. The first-order chi connectivity index (χ1) is 9.93. The Hall–Kier alpha value is -2.57. The molecule has 0 heterocycles. The first kappa shape index (κ1) is 16.5. The molecule has 7 heteroatoms. The van der Waals surface area contributed by atoms with Gasteiger partial charge in [-0.25, -0.2) is 4.79 Å². The maximum Gasteiger partial charge on any atom is 0.323 e. The summed E-state index contributed by atoms with van der Waals surface area (Å²) in [6, 6.07) is 8.40. The van der Waals surface area contributed by atoms with Gasteiger partial charge in [0.1, 0.15) is 13.1 Å². The minimum absolute atomic E-state index is 0.261. The van der Waals surface area contributed by atoms with E-state index in [4.69, 9.17) is 10.8 Å². The molecule has 0 aliphatic carbocycles. The van der Waals surface area contributed by atoms with Gasteiger partial charge in [0.15, 0.2) is 0 Å². The average molecular weight is 293 g/mol. The van der Waals surface area contributed by atoms with Crippen LogP contribution in [0.15, 0.2) is 30.3 Å². The number of carboxylic acids is 1. The molecule has 0 bridgehead atoms. The Morgan fingerprint density at radius 3 is 2.33 bits per heavy atom. The highest BCUT2D eigenvalue weighted by Crippen LogP contribution is 2.16. The Bertz CT molecular complexity index is 488. The number of hydrogen-bond acceptors (Lipinski definition) is 3. The normalized spacial score (nSPS) is 11.5. The summed E-state index contributed by atoms with van der Waals surface area (Å²) in [4.78, 5) is 34.6. The molecular formula is C14H19N3O4. The lowest BCUT2D eigenvalue weighted by Crippen LogP contribution is -2.47. The van der Waals surface area contributed by atoms with E-state index in [-0.39, 0.29) is 6.04 Å². The number of carboxylic acid groups (broad SMARTS) is 1. The average Bonchev–Trinajstić information content (AvgIpc) is 2.43. The van der Waals surface area contributed by atoms with Gasteiger partial charge in [-0.2, -0.15) is 0 Å². The van der Waals surface area contributed by atoms with E-state index in [9.17, 15) is 14.4 Å². The molecule has 1 rings (SSSR count). The number of hydrogen-bond donors (Lipinski definition) is 3. The Kier molecular flexibility index (Phi) is 6.19. The summed E-state index contributed by atoms with van der Waals surface area (Å²) in [6.07, 6.45) is 0.632. The second-order valence-electron chi connectivity index (χ2n) is 4.54. The van der Waals surface area contributed by atoms with Crippen molar-refractivity contribution in [3.05, 3.63) is 35.9 Å². The first-order valence-electron chi connectivity index (χ1n) is 6.54. The van der Waals surface area contributed by atoms with Crippen molar-refractivity contribution in [2.45, 2.75) is 19.4 Å². The first-order valence-corrected chi connectivity index (χ1v) is 6.54. The smallest absolute Gasteiger partial charge is 0.323 e. The van der Waals surface area contributed by atoms with E-state index in [1.807, 2.05) is 37.3 Å². The van der Waals surface area contributed by atoms with E-state index in [0.717, 1.165) is 10.5 Å². The Balaban J connectivity index is 2.78. The quantitative estimate of drug-likeness (QED) is 0.687. The molecule has 0 aliphatic rings. The molecule has 1 aromatic carbocycles. The molecular weight excluding hydrogens is 274 g/mol. The van der Waals surface area contributed by atoms with Crippen LogP contribution in [0.4, 0.5) is 4.79 Å². The molecule has 0 spiro atoms. The number of nitrogens with zero attached hydrogens (tertiary/aromatic N) is 1. The minimum atomic E-state index is -1.21. The van der Waals surface area contributed by atoms with Gasteiger partial charge in [-0.1, -0.05) is 37.3 Å². The highest BCUT2D eigenvalue weighted by Gasteiger charge is 2.21. The lowest BCUT2D eigenvalue weighted by Gasteiger charge is -2.24. The van der Waals surface area contributed by atoms with Crippen LogP contribution >= 0.6 is 0 Å². The van der Waals surface area contributed by atoms with Gasteiger partial charge in [0.25, 0.3) is 0 Å². The molecule has 0 saturated carbocycles. The van der Waals surface area contributed by atoms with E-state index in [0.29, 0.717) is 6.42 Å². The lowest BCUT2D eigenvalue weighted by atomic mass is 10.1. The van der Waals surface area contributed by atoms with E-state index in [1.54, 1.807) is 0 Å². The van der Waals surface area contributed by atoms with Crippen LogP contribution in [0.3, 0.4) is 0 Å². The summed E-state index contributed by atoms with van der Waals surface area (Å²) in [7, 11) is 0. The fraction of sp³-hybridized carbons (Fsp3) is 0.357. The third kappa shape index (κ3) is 5.52. The van der Waals surface area contributed by atoms with Crippen molar-refractivity contribution in [3.8, 4) is 0 Å². The van der Waals surface area contributed by atoms with Gasteiger partial charge in [-0.05, 0) is 12.0 Å². The maximum absolute atomic E-state index is 12.1. The van der Waals surface area contributed by atoms with E-state index in [1.165, 1.54) is 0 Å². The number of rotatable bonds is 7. The summed E-state index contributed by atoms with van der Waals surface area (Å²) in [5.41, 5.74) is 5.93. The number of nitrogens with two attached hydrogens (primary N) is 1. The van der Waals surface area contributed by atoms with Crippen LogP contribution in [0, 0.1) is 0 Å². The molecule has 114 valence electrons. The van der Waals surface area contributed by atoms with Gasteiger partial charge < -0.3 is 21.1 Å². The minimum Gasteiger partial charge on any atom is -0.480 e. The zero-order valence-electron chi connectivity index (χ0n) is 11.8. The summed E-state index contributed by atoms with van der Waals surface area (Å²) >= 11 is 0. The third-order valence-corrected chi connectivity index (χ3v) is 2.87. The van der Waals surface area contributed by atoms with Crippen LogP contribution in [-0.4, -0.2) is 41.0 Å². The maximum atomic E-state index is 12.1. The molecule has 21 heavy (non-hydrogen) atoms. The largest absolute Gasteiger partial charge is 0.480 e. The second kappa shape index (κ2) is 7.88. The lowest BCUT2D eigenvalue weighted by molar-refractivity contribution is -0.137. The number of carbonyl (C=O) groups excluding carboxylic acids is 2. The zero-order chi connectivity index (χ0) is 15.8. The fourth-order valence-corrected chi connectivity index (χ4v) is 1.90. The molecule has 0 fully saturated rings. The van der Waals surface area contributed by atoms with Gasteiger partial charge in [0.2, 0.25) is 5.91 Å². The van der Waals surface area contributed by atoms with Crippen molar-refractivity contribution in [3.63, 3.8) is 0 Å². The standard InChI is InChI=1S/C14H19N3O4/c1-2-11(10-6-4-3-5-7-10)16-14(21)17(8-12(15)18)9-13(19)20/h3-7,11H,2,8-9H2,1H3,(H2,15,18)(H,16,21)(H,19,20). The van der Waals surface area contributed by atoms with Crippen LogP contribution in [-0.2, 0) is 9.59 Å². The number of urea groups is 1. The summed E-state index contributed by atoms with van der Waals surface area (Å²) in [6.45, 7) is 0.872. The van der Waals surface area contributed by atoms with Crippen LogP contribution in [0.1, 0.15) is 24.9 Å².